The molecule has 2 aliphatic heterocycles. The number of carbonyl (C=O) groups is 2. The molecule has 9 heteroatoms. The van der Waals surface area contributed by atoms with Crippen LogP contribution in [0.2, 0.25) is 0 Å². The molecule has 1 aromatic rings. The number of ether oxygens (including phenoxy) is 2. The molecule has 0 bridgehead atoms. The molecule has 0 radical (unpaired) electrons. The molecule has 5 atom stereocenters. The van der Waals surface area contributed by atoms with Crippen LogP contribution in [-0.4, -0.2) is 64.8 Å². The zero-order valence-corrected chi connectivity index (χ0v) is 22.0. The Morgan fingerprint density at radius 2 is 2.03 bits per heavy atom. The lowest BCUT2D eigenvalue weighted by Gasteiger charge is -2.42. The van der Waals surface area contributed by atoms with E-state index in [-0.39, 0.29) is 35.7 Å². The number of rotatable bonds is 9. The third-order valence-electron chi connectivity index (χ3n) is 8.24. The number of aliphatic hydroxyl groups excluding tert-OH is 1. The number of carbonyl (C=O) groups excluding carboxylic acids is 2. The molecule has 0 saturated heterocycles. The highest BCUT2D eigenvalue weighted by Crippen LogP contribution is 2.47. The Bertz CT molecular complexity index is 1020. The number of amides is 2. The maximum Gasteiger partial charge on any atom is 0.231 e. The van der Waals surface area contributed by atoms with Gasteiger partial charge in [-0.05, 0) is 51.5 Å². The highest BCUT2D eigenvalue weighted by molar-refractivity contribution is 5.99. The second kappa shape index (κ2) is 10.0. The predicted octanol–water partition coefficient (Wildman–Crippen LogP) is 2.52. The molecule has 3 aliphatic rings. The normalized spacial score (nSPS) is 29.0. The summed E-state index contributed by atoms with van der Waals surface area (Å²) in [7, 11) is 1.62. The molecule has 198 valence electrons. The van der Waals surface area contributed by atoms with Crippen LogP contribution in [0.25, 0.3) is 0 Å². The van der Waals surface area contributed by atoms with Gasteiger partial charge in [-0.2, -0.15) is 0 Å². The Hall–Kier alpha value is -2.65. The van der Waals surface area contributed by atoms with Gasteiger partial charge in [-0.15, -0.1) is 0 Å². The Morgan fingerprint density at radius 1 is 1.33 bits per heavy atom. The lowest BCUT2D eigenvalue weighted by Crippen LogP contribution is -2.56. The first-order chi connectivity index (χ1) is 17.1. The maximum atomic E-state index is 13.4. The number of nitrogens with one attached hydrogen (secondary N) is 1. The Labute approximate surface area is 213 Å². The number of aliphatic imine (C=N–C) groups is 1. The number of nitrogens with two attached hydrogens (primary N) is 1. The van der Waals surface area contributed by atoms with Gasteiger partial charge < -0.3 is 25.6 Å². The summed E-state index contributed by atoms with van der Waals surface area (Å²) < 4.78 is 11.3. The summed E-state index contributed by atoms with van der Waals surface area (Å²) in [4.78, 5) is 33.1. The molecule has 1 saturated carbocycles. The van der Waals surface area contributed by atoms with Crippen molar-refractivity contribution in [1.29, 1.82) is 0 Å². The van der Waals surface area contributed by atoms with Crippen molar-refractivity contribution in [2.24, 2.45) is 22.6 Å². The number of hydrogen-bond acceptors (Lipinski definition) is 7. The molecule has 2 heterocycles. The van der Waals surface area contributed by atoms with Crippen molar-refractivity contribution in [1.82, 2.24) is 10.2 Å². The van der Waals surface area contributed by atoms with Gasteiger partial charge in [-0.1, -0.05) is 32.0 Å². The number of benzene rings is 1. The number of guanidine groups is 1. The van der Waals surface area contributed by atoms with E-state index in [9.17, 15) is 14.7 Å². The van der Waals surface area contributed by atoms with Gasteiger partial charge in [0.25, 0.3) is 0 Å². The highest BCUT2D eigenvalue weighted by atomic mass is 16.5. The molecule has 0 spiro atoms. The number of fused-ring (bicyclic) bond motifs is 1. The average molecular weight is 501 g/mol. The molecule has 1 aliphatic carbocycles. The molecule has 0 aromatic heterocycles. The van der Waals surface area contributed by atoms with Crippen molar-refractivity contribution in [3.05, 3.63) is 29.8 Å². The topological polar surface area (TPSA) is 126 Å². The van der Waals surface area contributed by atoms with E-state index in [1.807, 2.05) is 52.0 Å². The Balaban J connectivity index is 1.53. The minimum absolute atomic E-state index is 0.0473. The van der Waals surface area contributed by atoms with Crippen LogP contribution >= 0.6 is 0 Å². The minimum Gasteiger partial charge on any atom is -0.485 e. The van der Waals surface area contributed by atoms with Gasteiger partial charge in [0.05, 0.1) is 18.0 Å². The first-order valence-corrected chi connectivity index (χ1v) is 13.0. The van der Waals surface area contributed by atoms with Crippen LogP contribution in [0.4, 0.5) is 0 Å². The molecule has 1 unspecified atom stereocenters. The Morgan fingerprint density at radius 3 is 2.67 bits per heavy atom. The van der Waals surface area contributed by atoms with Crippen LogP contribution in [0.3, 0.4) is 0 Å². The van der Waals surface area contributed by atoms with Crippen molar-refractivity contribution in [2.45, 2.75) is 89.1 Å². The SMILES string of the molecule is CCC1(CC)CC(=O)N(C(CCOC)[C@@H]2C[C@H]2C(=O)N[C@@H]2c3ccccc3OC(C)(C)[C@H]2O)C(N)=N1. The molecule has 2 amide bonds. The maximum absolute atomic E-state index is 13.4. The largest absolute Gasteiger partial charge is 0.485 e. The van der Waals surface area contributed by atoms with Gasteiger partial charge in [-0.3, -0.25) is 14.5 Å². The van der Waals surface area contributed by atoms with Crippen LogP contribution in [0.5, 0.6) is 5.75 Å². The van der Waals surface area contributed by atoms with E-state index in [4.69, 9.17) is 20.2 Å². The second-order valence-electron chi connectivity index (χ2n) is 10.9. The lowest BCUT2D eigenvalue weighted by molar-refractivity contribution is -0.133. The number of hydrogen-bond donors (Lipinski definition) is 3. The van der Waals surface area contributed by atoms with E-state index >= 15 is 0 Å². The predicted molar refractivity (Wildman–Crippen MR) is 136 cm³/mol. The van der Waals surface area contributed by atoms with Gasteiger partial charge in [0.1, 0.15) is 17.5 Å². The summed E-state index contributed by atoms with van der Waals surface area (Å²) in [5, 5.41) is 14.1. The average Bonchev–Trinajstić information content (AvgIpc) is 3.64. The van der Waals surface area contributed by atoms with Crippen LogP contribution in [0.15, 0.2) is 29.3 Å². The molecule has 9 nitrogen and oxygen atoms in total. The molecule has 36 heavy (non-hydrogen) atoms. The smallest absolute Gasteiger partial charge is 0.231 e. The van der Waals surface area contributed by atoms with Gasteiger partial charge in [0.15, 0.2) is 5.96 Å². The zero-order valence-electron chi connectivity index (χ0n) is 22.0. The van der Waals surface area contributed by atoms with Gasteiger partial charge in [0, 0.05) is 31.2 Å². The second-order valence-corrected chi connectivity index (χ2v) is 10.9. The third-order valence-corrected chi connectivity index (χ3v) is 8.24. The quantitative estimate of drug-likeness (QED) is 0.478. The summed E-state index contributed by atoms with van der Waals surface area (Å²) >= 11 is 0. The van der Waals surface area contributed by atoms with E-state index in [2.05, 4.69) is 5.32 Å². The van der Waals surface area contributed by atoms with Gasteiger partial charge in [0.2, 0.25) is 11.8 Å². The monoisotopic (exact) mass is 500 g/mol. The van der Waals surface area contributed by atoms with E-state index in [0.29, 0.717) is 31.6 Å². The zero-order chi connectivity index (χ0) is 26.3. The molecular weight excluding hydrogens is 460 g/mol. The lowest BCUT2D eigenvalue weighted by atomic mass is 9.86. The van der Waals surface area contributed by atoms with Gasteiger partial charge >= 0.3 is 0 Å². The summed E-state index contributed by atoms with van der Waals surface area (Å²) in [5.41, 5.74) is 5.82. The van der Waals surface area contributed by atoms with Crippen LogP contribution in [0.1, 0.15) is 71.4 Å². The van der Waals surface area contributed by atoms with Crippen LogP contribution < -0.4 is 15.8 Å². The highest BCUT2D eigenvalue weighted by Gasteiger charge is 2.53. The van der Waals surface area contributed by atoms with Crippen molar-refractivity contribution >= 4 is 17.8 Å². The van der Waals surface area contributed by atoms with Crippen LogP contribution in [-0.2, 0) is 14.3 Å². The van der Waals surface area contributed by atoms with E-state index in [0.717, 1.165) is 18.4 Å². The van der Waals surface area contributed by atoms with Gasteiger partial charge in [-0.25, -0.2) is 4.99 Å². The van der Waals surface area contributed by atoms with E-state index < -0.39 is 23.3 Å². The summed E-state index contributed by atoms with van der Waals surface area (Å²) in [5.74, 6) is 0.347. The molecule has 1 fully saturated rings. The van der Waals surface area contributed by atoms with Crippen molar-refractivity contribution in [3.8, 4) is 5.75 Å². The first-order valence-electron chi connectivity index (χ1n) is 13.0. The van der Waals surface area contributed by atoms with Crippen molar-refractivity contribution < 1.29 is 24.2 Å². The number of aliphatic hydroxyl groups is 1. The fourth-order valence-corrected chi connectivity index (χ4v) is 5.72. The fraction of sp³-hybridized carbons (Fsp3) is 0.667. The molecule has 4 rings (SSSR count). The van der Waals surface area contributed by atoms with E-state index in [1.165, 1.54) is 0 Å². The summed E-state index contributed by atoms with van der Waals surface area (Å²) in [6.07, 6.45) is 2.08. The third kappa shape index (κ3) is 4.83. The van der Waals surface area contributed by atoms with Crippen molar-refractivity contribution in [2.75, 3.05) is 13.7 Å². The first kappa shape index (κ1) is 26.4. The summed E-state index contributed by atoms with van der Waals surface area (Å²) in [6, 6.07) is 6.59. The summed E-state index contributed by atoms with van der Waals surface area (Å²) in [6.45, 7) is 8.11. The van der Waals surface area contributed by atoms with E-state index in [1.54, 1.807) is 12.0 Å². The number of para-hydroxylation sites is 1. The van der Waals surface area contributed by atoms with Crippen molar-refractivity contribution in [3.63, 3.8) is 0 Å². The standard InChI is InChI=1S/C27H40N4O5/c1-6-27(7-2)15-21(32)31(25(28)30-27)19(12-13-35-5)17-14-18(17)24(34)29-22-16-10-8-9-11-20(16)36-26(3,4)23(22)33/h8-11,17-19,22-23,33H,6-7,12-15H2,1-5H3,(H2,28,30)(H,29,34)/t17-,18-,19?,22-,23+/m1/s1. The minimum atomic E-state index is -0.916. The molecule has 1 aromatic carbocycles. The number of nitrogens with zero attached hydrogens (tertiary/aromatic N) is 2. The van der Waals surface area contributed by atoms with Crippen LogP contribution in [0, 0.1) is 11.8 Å². The number of methoxy groups -OCH3 is 1. The molecule has 4 N–H and O–H groups in total. The molecular formula is C27H40N4O5. The Kier molecular flexibility index (Phi) is 7.35. The fourth-order valence-electron chi connectivity index (χ4n) is 5.72.